The number of alkyl halides is 2. The molecular formula is C26H26ClF2N3O4S. The summed E-state index contributed by atoms with van der Waals surface area (Å²) >= 11 is 6.17. The minimum atomic E-state index is -3.13. The molecule has 2 unspecified atom stereocenters. The molecule has 2 atom stereocenters. The molecule has 2 aromatic carbocycles. The van der Waals surface area contributed by atoms with Crippen molar-refractivity contribution in [2.24, 2.45) is 0 Å². The Bertz CT molecular complexity index is 1560. The van der Waals surface area contributed by atoms with Gasteiger partial charge in [-0.2, -0.15) is 8.78 Å². The maximum atomic E-state index is 12.6. The number of hydrogen-bond donors (Lipinski definition) is 0. The summed E-state index contributed by atoms with van der Waals surface area (Å²) < 4.78 is 61.7. The molecule has 1 aliphatic rings. The molecule has 4 aromatic rings. The van der Waals surface area contributed by atoms with Gasteiger partial charge in [0.2, 0.25) is 0 Å². The number of aryl methyl sites for hydroxylation is 2. The molecule has 1 aliphatic heterocycles. The van der Waals surface area contributed by atoms with Gasteiger partial charge >= 0.3 is 6.61 Å². The van der Waals surface area contributed by atoms with Crippen LogP contribution in [0.15, 0.2) is 40.9 Å². The highest BCUT2D eigenvalue weighted by Gasteiger charge is 2.33. The van der Waals surface area contributed by atoms with Crippen molar-refractivity contribution >= 4 is 32.5 Å². The average Bonchev–Trinajstić information content (AvgIpc) is 3.48. The van der Waals surface area contributed by atoms with E-state index < -0.39 is 16.4 Å². The summed E-state index contributed by atoms with van der Waals surface area (Å²) in [7, 11) is -3.13. The molecule has 0 radical (unpaired) electrons. The molecule has 5 rings (SSSR count). The smallest absolute Gasteiger partial charge is 0.387 e. The Kier molecular flexibility index (Phi) is 6.74. The third-order valence-corrected chi connectivity index (χ3v) is 8.85. The molecule has 0 saturated carbocycles. The topological polar surface area (TPSA) is 87.2 Å². The van der Waals surface area contributed by atoms with Crippen LogP contribution in [-0.4, -0.2) is 41.2 Å². The maximum absolute atomic E-state index is 12.6. The Morgan fingerprint density at radius 3 is 2.62 bits per heavy atom. The van der Waals surface area contributed by atoms with Gasteiger partial charge in [-0.1, -0.05) is 35.8 Å². The van der Waals surface area contributed by atoms with Crippen LogP contribution in [0.25, 0.3) is 22.2 Å². The highest BCUT2D eigenvalue weighted by atomic mass is 35.5. The summed E-state index contributed by atoms with van der Waals surface area (Å²) in [6, 6.07) is 10.4. The van der Waals surface area contributed by atoms with Crippen LogP contribution >= 0.6 is 11.6 Å². The lowest BCUT2D eigenvalue weighted by molar-refractivity contribution is -0.0498. The van der Waals surface area contributed by atoms with E-state index in [1.54, 1.807) is 12.1 Å². The van der Waals surface area contributed by atoms with Crippen LogP contribution in [-0.2, 0) is 16.3 Å². The van der Waals surface area contributed by atoms with Gasteiger partial charge in [0.1, 0.15) is 17.3 Å². The minimum Gasteiger partial charge on any atom is -0.433 e. The fraction of sp³-hybridized carbons (Fsp3) is 0.385. The summed E-state index contributed by atoms with van der Waals surface area (Å²) in [5.74, 6) is 1.48. The second-order valence-electron chi connectivity index (χ2n) is 9.55. The summed E-state index contributed by atoms with van der Waals surface area (Å²) in [5.41, 5.74) is 5.06. The number of imidazole rings is 1. The fourth-order valence-corrected chi connectivity index (χ4v) is 7.13. The lowest BCUT2D eigenvalue weighted by atomic mass is 10.00. The molecule has 2 aromatic heterocycles. The first-order chi connectivity index (χ1) is 17.5. The van der Waals surface area contributed by atoms with Crippen molar-refractivity contribution in [1.82, 2.24) is 14.7 Å². The van der Waals surface area contributed by atoms with Gasteiger partial charge in [-0.05, 0) is 62.1 Å². The average molecular weight is 550 g/mol. The Hall–Kier alpha value is -2.98. The number of sulfone groups is 1. The van der Waals surface area contributed by atoms with E-state index >= 15 is 0 Å². The van der Waals surface area contributed by atoms with Crippen molar-refractivity contribution in [2.45, 2.75) is 52.2 Å². The number of hydrogen-bond acceptors (Lipinski definition) is 6. The number of rotatable bonds is 7. The zero-order chi connectivity index (χ0) is 26.5. The molecule has 11 heteroatoms. The normalized spacial score (nSPS) is 18.1. The molecule has 0 bridgehead atoms. The minimum absolute atomic E-state index is 0.0648. The van der Waals surface area contributed by atoms with Crippen LogP contribution in [0.4, 0.5) is 8.78 Å². The molecule has 196 valence electrons. The van der Waals surface area contributed by atoms with Gasteiger partial charge in [0.05, 0.1) is 39.3 Å². The van der Waals surface area contributed by atoms with E-state index in [1.807, 2.05) is 39.0 Å². The van der Waals surface area contributed by atoms with Gasteiger partial charge in [-0.25, -0.2) is 13.4 Å². The van der Waals surface area contributed by atoms with Gasteiger partial charge in [0, 0.05) is 11.5 Å². The second-order valence-corrected chi connectivity index (χ2v) is 12.2. The molecule has 0 spiro atoms. The lowest BCUT2D eigenvalue weighted by Gasteiger charge is -2.20. The van der Waals surface area contributed by atoms with E-state index in [9.17, 15) is 17.2 Å². The van der Waals surface area contributed by atoms with Crippen LogP contribution < -0.4 is 4.74 Å². The van der Waals surface area contributed by atoms with E-state index in [-0.39, 0.29) is 34.2 Å². The standard InChI is InChI=1S/C26H26ClF2N3O4S/c1-14(10-17-4-7-23(20(27)11-17)35-26(28)29)25-30-21-12-18(24-15(2)31-36-16(24)3)5-6-22(21)32(25)19-8-9-37(33,34)13-19/h4-7,11-12,14,19,26H,8-10,13H2,1-3H3. The third kappa shape index (κ3) is 5.09. The highest BCUT2D eigenvalue weighted by Crippen LogP contribution is 2.36. The van der Waals surface area contributed by atoms with Crippen LogP contribution in [0.3, 0.4) is 0 Å². The van der Waals surface area contributed by atoms with Crippen LogP contribution in [0.2, 0.25) is 5.02 Å². The van der Waals surface area contributed by atoms with Gasteiger partial charge < -0.3 is 13.8 Å². The Labute approximate surface area is 218 Å². The number of ether oxygens (including phenoxy) is 1. The number of halogens is 3. The quantitative estimate of drug-likeness (QED) is 0.270. The number of aromatic nitrogens is 3. The van der Waals surface area contributed by atoms with E-state index in [0.717, 1.165) is 39.2 Å². The van der Waals surface area contributed by atoms with Gasteiger partial charge in [-0.15, -0.1) is 0 Å². The van der Waals surface area contributed by atoms with Gasteiger partial charge in [0.25, 0.3) is 0 Å². The SMILES string of the molecule is Cc1noc(C)c1-c1ccc2c(c1)nc(C(C)Cc1ccc(OC(F)F)c(Cl)c1)n2C1CCS(=O)(=O)C1. The summed E-state index contributed by atoms with van der Waals surface area (Å²) in [4.78, 5) is 4.97. The van der Waals surface area contributed by atoms with E-state index in [1.165, 1.54) is 6.07 Å². The van der Waals surface area contributed by atoms with E-state index in [4.69, 9.17) is 21.1 Å². The van der Waals surface area contributed by atoms with E-state index in [0.29, 0.717) is 18.6 Å². The van der Waals surface area contributed by atoms with Crippen molar-refractivity contribution in [3.8, 4) is 16.9 Å². The number of benzene rings is 2. The summed E-state index contributed by atoms with van der Waals surface area (Å²) in [6.45, 7) is 2.79. The Morgan fingerprint density at radius 1 is 1.22 bits per heavy atom. The second kappa shape index (κ2) is 9.72. The highest BCUT2D eigenvalue weighted by molar-refractivity contribution is 7.91. The van der Waals surface area contributed by atoms with Crippen molar-refractivity contribution in [1.29, 1.82) is 0 Å². The van der Waals surface area contributed by atoms with Crippen LogP contribution in [0.5, 0.6) is 5.75 Å². The third-order valence-electron chi connectivity index (χ3n) is 6.81. The van der Waals surface area contributed by atoms with Crippen LogP contribution in [0, 0.1) is 13.8 Å². The molecule has 1 fully saturated rings. The predicted molar refractivity (Wildman–Crippen MR) is 137 cm³/mol. The first-order valence-electron chi connectivity index (χ1n) is 11.9. The molecule has 1 saturated heterocycles. The lowest BCUT2D eigenvalue weighted by Crippen LogP contribution is -2.16. The zero-order valence-corrected chi connectivity index (χ0v) is 22.1. The van der Waals surface area contributed by atoms with Crippen LogP contribution in [0.1, 0.15) is 48.1 Å². The fourth-order valence-electron chi connectivity index (χ4n) is 5.19. The molecular weight excluding hydrogens is 524 g/mol. The molecule has 0 amide bonds. The van der Waals surface area contributed by atoms with Crippen molar-refractivity contribution in [2.75, 3.05) is 11.5 Å². The Morgan fingerprint density at radius 2 is 2.00 bits per heavy atom. The Balaban J connectivity index is 1.55. The van der Waals surface area contributed by atoms with Gasteiger partial charge in [-0.3, -0.25) is 0 Å². The van der Waals surface area contributed by atoms with Crippen molar-refractivity contribution in [3.05, 3.63) is 64.3 Å². The zero-order valence-electron chi connectivity index (χ0n) is 20.5. The molecule has 3 heterocycles. The van der Waals surface area contributed by atoms with Gasteiger partial charge in [0.15, 0.2) is 9.84 Å². The number of nitrogens with zero attached hydrogens (tertiary/aromatic N) is 3. The first-order valence-corrected chi connectivity index (χ1v) is 14.1. The maximum Gasteiger partial charge on any atom is 0.387 e. The first kappa shape index (κ1) is 25.7. The molecule has 7 nitrogen and oxygen atoms in total. The summed E-state index contributed by atoms with van der Waals surface area (Å²) in [6.07, 6.45) is 1.04. The molecule has 0 N–H and O–H groups in total. The van der Waals surface area contributed by atoms with E-state index in [2.05, 4.69) is 14.5 Å². The summed E-state index contributed by atoms with van der Waals surface area (Å²) in [5, 5.41) is 4.15. The molecule has 0 aliphatic carbocycles. The predicted octanol–water partition coefficient (Wildman–Crippen LogP) is 6.27. The van der Waals surface area contributed by atoms with Crippen molar-refractivity contribution < 1.29 is 26.5 Å². The monoisotopic (exact) mass is 549 g/mol. The molecule has 37 heavy (non-hydrogen) atoms. The number of fused-ring (bicyclic) bond motifs is 1. The largest absolute Gasteiger partial charge is 0.433 e. The van der Waals surface area contributed by atoms with Crippen molar-refractivity contribution in [3.63, 3.8) is 0 Å².